The van der Waals surface area contributed by atoms with Crippen LogP contribution >= 0.6 is 79.1 Å². The molecule has 0 fully saturated rings. The Hall–Kier alpha value is 1.36. The topological polar surface area (TPSA) is 26.3 Å². The Kier molecular flexibility index (Phi) is 5.21. The SMILES string of the molecule is CCOC(=O)c1sc(I)c(I)c1I. The zero-order valence-electron chi connectivity index (χ0n) is 6.57. The molecule has 1 rings (SSSR count). The van der Waals surface area contributed by atoms with Crippen LogP contribution in [0.2, 0.25) is 0 Å². The summed E-state index contributed by atoms with van der Waals surface area (Å²) in [5, 5.41) is 0. The summed E-state index contributed by atoms with van der Waals surface area (Å²) in [6.45, 7) is 2.24. The molecule has 0 radical (unpaired) electrons. The van der Waals surface area contributed by atoms with Gasteiger partial charge in [-0.2, -0.15) is 0 Å². The van der Waals surface area contributed by atoms with Crippen molar-refractivity contribution in [3.8, 4) is 0 Å². The van der Waals surface area contributed by atoms with Gasteiger partial charge in [0, 0.05) is 0 Å². The first-order valence-corrected chi connectivity index (χ1v) is 7.43. The van der Waals surface area contributed by atoms with Gasteiger partial charge in [-0.1, -0.05) is 0 Å². The summed E-state index contributed by atoms with van der Waals surface area (Å²) < 4.78 is 8.23. The van der Waals surface area contributed by atoms with Crippen molar-refractivity contribution >= 4 is 85.1 Å². The number of thiophene rings is 1. The summed E-state index contributed by atoms with van der Waals surface area (Å²) in [4.78, 5) is 12.1. The smallest absolute Gasteiger partial charge is 0.349 e. The van der Waals surface area contributed by atoms with Crippen LogP contribution in [0.25, 0.3) is 0 Å². The Morgan fingerprint density at radius 3 is 2.38 bits per heavy atom. The van der Waals surface area contributed by atoms with Gasteiger partial charge in [0.25, 0.3) is 0 Å². The standard InChI is InChI=1S/C7H5I3O2S/c1-2-12-7(11)5-3(8)4(9)6(10)13-5/h2H2,1H3. The van der Waals surface area contributed by atoms with Gasteiger partial charge in [0.2, 0.25) is 0 Å². The van der Waals surface area contributed by atoms with E-state index in [0.717, 1.165) is 14.9 Å². The molecule has 0 saturated heterocycles. The van der Waals surface area contributed by atoms with E-state index in [1.165, 1.54) is 11.3 Å². The van der Waals surface area contributed by atoms with Crippen molar-refractivity contribution in [1.29, 1.82) is 0 Å². The van der Waals surface area contributed by atoms with Gasteiger partial charge < -0.3 is 4.74 Å². The minimum atomic E-state index is -0.210. The lowest BCUT2D eigenvalue weighted by Gasteiger charge is -1.98. The van der Waals surface area contributed by atoms with E-state index >= 15 is 0 Å². The Labute approximate surface area is 121 Å². The average molecular weight is 534 g/mol. The van der Waals surface area contributed by atoms with E-state index in [1.54, 1.807) is 0 Å². The first-order valence-electron chi connectivity index (χ1n) is 3.38. The molecule has 0 bridgehead atoms. The lowest BCUT2D eigenvalue weighted by Crippen LogP contribution is -2.03. The highest BCUT2D eigenvalue weighted by Crippen LogP contribution is 2.32. The fraction of sp³-hybridized carbons (Fsp3) is 0.286. The molecule has 1 heterocycles. The third kappa shape index (κ3) is 2.91. The molecule has 0 spiro atoms. The molecule has 1 aromatic heterocycles. The molecular weight excluding hydrogens is 529 g/mol. The van der Waals surface area contributed by atoms with Gasteiger partial charge in [-0.15, -0.1) is 11.3 Å². The van der Waals surface area contributed by atoms with Crippen molar-refractivity contribution in [3.05, 3.63) is 14.9 Å². The van der Waals surface area contributed by atoms with Crippen molar-refractivity contribution in [2.24, 2.45) is 0 Å². The molecule has 2 nitrogen and oxygen atoms in total. The second kappa shape index (κ2) is 5.45. The number of ether oxygens (including phenoxy) is 1. The number of halogens is 3. The summed E-state index contributed by atoms with van der Waals surface area (Å²) >= 11 is 8.13. The number of rotatable bonds is 2. The maximum absolute atomic E-state index is 11.4. The highest BCUT2D eigenvalue weighted by Gasteiger charge is 2.19. The van der Waals surface area contributed by atoms with Crippen LogP contribution in [0.3, 0.4) is 0 Å². The van der Waals surface area contributed by atoms with Gasteiger partial charge in [0.1, 0.15) is 4.88 Å². The quantitative estimate of drug-likeness (QED) is 0.428. The van der Waals surface area contributed by atoms with Crippen LogP contribution in [0.1, 0.15) is 16.6 Å². The van der Waals surface area contributed by atoms with Gasteiger partial charge in [0.15, 0.2) is 0 Å². The van der Waals surface area contributed by atoms with Gasteiger partial charge in [0.05, 0.1) is 16.6 Å². The van der Waals surface area contributed by atoms with Crippen molar-refractivity contribution in [3.63, 3.8) is 0 Å². The molecule has 13 heavy (non-hydrogen) atoms. The highest BCUT2D eigenvalue weighted by atomic mass is 127. The first-order chi connectivity index (χ1) is 6.07. The number of carbonyl (C=O) groups is 1. The Morgan fingerprint density at radius 2 is 2.00 bits per heavy atom. The molecule has 72 valence electrons. The van der Waals surface area contributed by atoms with Gasteiger partial charge in [-0.25, -0.2) is 4.79 Å². The molecule has 0 amide bonds. The molecule has 6 heteroatoms. The second-order valence-corrected chi connectivity index (χ2v) is 7.04. The summed E-state index contributed by atoms with van der Waals surface area (Å²) in [5.74, 6) is -0.210. The fourth-order valence-corrected chi connectivity index (χ4v) is 4.63. The van der Waals surface area contributed by atoms with Crippen LogP contribution in [-0.2, 0) is 4.74 Å². The molecule has 0 saturated carbocycles. The van der Waals surface area contributed by atoms with Crippen molar-refractivity contribution in [2.75, 3.05) is 6.61 Å². The lowest BCUT2D eigenvalue weighted by molar-refractivity contribution is 0.0531. The zero-order chi connectivity index (χ0) is 10.0. The molecule has 0 aliphatic carbocycles. The molecule has 0 aliphatic rings. The molecule has 0 atom stereocenters. The van der Waals surface area contributed by atoms with Gasteiger partial charge in [-0.3, -0.25) is 0 Å². The van der Waals surface area contributed by atoms with E-state index < -0.39 is 0 Å². The number of carbonyl (C=O) groups excluding carboxylic acids is 1. The molecule has 0 N–H and O–H groups in total. The number of hydrogen-bond acceptors (Lipinski definition) is 3. The van der Waals surface area contributed by atoms with Crippen molar-refractivity contribution in [1.82, 2.24) is 0 Å². The lowest BCUT2D eigenvalue weighted by atomic mass is 10.5. The maximum Gasteiger partial charge on any atom is 0.349 e. The third-order valence-corrected chi connectivity index (χ3v) is 8.33. The summed E-state index contributed by atoms with van der Waals surface area (Å²) in [7, 11) is 0. The van der Waals surface area contributed by atoms with Crippen LogP contribution in [-0.4, -0.2) is 12.6 Å². The van der Waals surface area contributed by atoms with E-state index in [9.17, 15) is 4.79 Å². The monoisotopic (exact) mass is 534 g/mol. The minimum Gasteiger partial charge on any atom is -0.462 e. The predicted octanol–water partition coefficient (Wildman–Crippen LogP) is 3.74. The number of hydrogen-bond donors (Lipinski definition) is 0. The summed E-state index contributed by atoms with van der Waals surface area (Å²) in [6.07, 6.45) is 0. The first kappa shape index (κ1) is 12.4. The van der Waals surface area contributed by atoms with E-state index in [1.807, 2.05) is 6.92 Å². The molecule has 0 aromatic carbocycles. The van der Waals surface area contributed by atoms with Crippen LogP contribution < -0.4 is 0 Å². The van der Waals surface area contributed by atoms with Gasteiger partial charge >= 0.3 is 5.97 Å². The summed E-state index contributed by atoms with van der Waals surface area (Å²) in [5.41, 5.74) is 0. The predicted molar refractivity (Wildman–Crippen MR) is 78.4 cm³/mol. The maximum atomic E-state index is 11.4. The van der Waals surface area contributed by atoms with E-state index in [4.69, 9.17) is 4.74 Å². The highest BCUT2D eigenvalue weighted by molar-refractivity contribution is 14.1. The Balaban J connectivity index is 3.01. The molecule has 1 aromatic rings. The average Bonchev–Trinajstić information content (AvgIpc) is 2.33. The molecular formula is C7H5I3O2S. The van der Waals surface area contributed by atoms with Crippen LogP contribution in [0.15, 0.2) is 0 Å². The Bertz CT molecular complexity index is 335. The van der Waals surface area contributed by atoms with Crippen molar-refractivity contribution in [2.45, 2.75) is 6.92 Å². The number of esters is 1. The normalized spacial score (nSPS) is 10.2. The fourth-order valence-electron chi connectivity index (χ4n) is 0.693. The van der Waals surface area contributed by atoms with E-state index in [-0.39, 0.29) is 5.97 Å². The zero-order valence-corrected chi connectivity index (χ0v) is 13.9. The van der Waals surface area contributed by atoms with Crippen LogP contribution in [0.5, 0.6) is 0 Å². The van der Waals surface area contributed by atoms with E-state index in [0.29, 0.717) is 6.61 Å². The second-order valence-electron chi connectivity index (χ2n) is 2.05. The summed E-state index contributed by atoms with van der Waals surface area (Å²) in [6, 6.07) is 0. The molecule has 0 aliphatic heterocycles. The van der Waals surface area contributed by atoms with Crippen LogP contribution in [0.4, 0.5) is 0 Å². The van der Waals surface area contributed by atoms with Crippen molar-refractivity contribution < 1.29 is 9.53 Å². The van der Waals surface area contributed by atoms with Gasteiger partial charge in [-0.05, 0) is 74.7 Å². The molecule has 0 unspecified atom stereocenters. The van der Waals surface area contributed by atoms with E-state index in [2.05, 4.69) is 67.8 Å². The minimum absolute atomic E-state index is 0.210. The largest absolute Gasteiger partial charge is 0.462 e. The Morgan fingerprint density at radius 1 is 1.38 bits per heavy atom. The van der Waals surface area contributed by atoms with Crippen LogP contribution in [0, 0.1) is 10.0 Å². The third-order valence-electron chi connectivity index (χ3n) is 1.22.